The van der Waals surface area contributed by atoms with Gasteiger partial charge in [0.2, 0.25) is 0 Å². The van der Waals surface area contributed by atoms with Crippen LogP contribution in [0.15, 0.2) is 48.5 Å². The molecule has 30 heavy (non-hydrogen) atoms. The molecule has 0 bridgehead atoms. The molecule has 0 atom stereocenters. The maximum Gasteiger partial charge on any atom is 0.256 e. The van der Waals surface area contributed by atoms with Gasteiger partial charge in [-0.2, -0.15) is 5.10 Å². The molecule has 0 spiro atoms. The molecule has 0 aliphatic heterocycles. The van der Waals surface area contributed by atoms with Gasteiger partial charge in [0.1, 0.15) is 5.75 Å². The highest BCUT2D eigenvalue weighted by Gasteiger charge is 2.17. The summed E-state index contributed by atoms with van der Waals surface area (Å²) in [5.74, 6) is 1.46. The topological polar surface area (TPSA) is 69.0 Å². The average molecular weight is 402 g/mol. The summed E-state index contributed by atoms with van der Waals surface area (Å²) in [7, 11) is 0. The van der Waals surface area contributed by atoms with Gasteiger partial charge in [0.05, 0.1) is 17.5 Å². The molecule has 154 valence electrons. The zero-order valence-electron chi connectivity index (χ0n) is 17.8. The number of aromatic nitrogens is 3. The number of rotatable bonds is 6. The van der Waals surface area contributed by atoms with Crippen LogP contribution in [-0.4, -0.2) is 27.3 Å². The number of aryl methyl sites for hydroxylation is 1. The number of hydrogen-bond donors (Lipinski definition) is 1. The van der Waals surface area contributed by atoms with Crippen LogP contribution in [0.5, 0.6) is 5.75 Å². The van der Waals surface area contributed by atoms with Crippen molar-refractivity contribution in [2.45, 2.75) is 34.2 Å². The second-order valence-corrected chi connectivity index (χ2v) is 7.89. The van der Waals surface area contributed by atoms with E-state index in [1.165, 1.54) is 0 Å². The van der Waals surface area contributed by atoms with E-state index in [1.54, 1.807) is 24.3 Å². The summed E-state index contributed by atoms with van der Waals surface area (Å²) in [5, 5.41) is 9.52. The van der Waals surface area contributed by atoms with Crippen LogP contribution in [0.1, 0.15) is 36.7 Å². The Morgan fingerprint density at radius 1 is 1.13 bits per heavy atom. The van der Waals surface area contributed by atoms with Crippen molar-refractivity contribution >= 4 is 33.7 Å². The third-order valence-electron chi connectivity index (χ3n) is 4.87. The number of benzene rings is 2. The molecule has 0 aliphatic carbocycles. The molecule has 0 unspecified atom stereocenters. The van der Waals surface area contributed by atoms with Gasteiger partial charge in [0, 0.05) is 17.5 Å². The van der Waals surface area contributed by atoms with Gasteiger partial charge in [-0.1, -0.05) is 26.0 Å². The Kier molecular flexibility index (Phi) is 5.40. The number of pyridine rings is 1. The van der Waals surface area contributed by atoms with Crippen LogP contribution in [0.3, 0.4) is 0 Å². The number of nitrogens with one attached hydrogen (secondary N) is 1. The molecule has 4 rings (SSSR count). The Hall–Kier alpha value is -3.41. The highest BCUT2D eigenvalue weighted by molar-refractivity contribution is 6.08. The minimum atomic E-state index is -0.210. The van der Waals surface area contributed by atoms with Crippen molar-refractivity contribution in [3.63, 3.8) is 0 Å². The molecule has 6 heteroatoms. The quantitative estimate of drug-likeness (QED) is 0.481. The largest absolute Gasteiger partial charge is 0.494 e. The molecule has 1 N–H and O–H groups in total. The van der Waals surface area contributed by atoms with Crippen LogP contribution in [0.25, 0.3) is 21.9 Å². The van der Waals surface area contributed by atoms with Crippen LogP contribution in [0.2, 0.25) is 0 Å². The Bertz CT molecular complexity index is 1210. The second-order valence-electron chi connectivity index (χ2n) is 7.89. The SMILES string of the molecule is CCOc1ccc(C(=O)Nc2nn(CC(C)C)c3nc4cc(C)ccc4cc23)cc1. The van der Waals surface area contributed by atoms with Crippen molar-refractivity contribution in [1.82, 2.24) is 14.8 Å². The van der Waals surface area contributed by atoms with Crippen LogP contribution in [0, 0.1) is 12.8 Å². The van der Waals surface area contributed by atoms with Crippen molar-refractivity contribution in [1.29, 1.82) is 0 Å². The van der Waals surface area contributed by atoms with Gasteiger partial charge in [-0.25, -0.2) is 9.67 Å². The third-order valence-corrected chi connectivity index (χ3v) is 4.87. The van der Waals surface area contributed by atoms with Crippen molar-refractivity contribution in [3.05, 3.63) is 59.7 Å². The predicted molar refractivity (Wildman–Crippen MR) is 120 cm³/mol. The molecule has 0 aliphatic rings. The zero-order valence-corrected chi connectivity index (χ0v) is 17.8. The molecule has 6 nitrogen and oxygen atoms in total. The third kappa shape index (κ3) is 3.99. The van der Waals surface area contributed by atoms with Crippen LogP contribution < -0.4 is 10.1 Å². The molecule has 2 aromatic heterocycles. The fourth-order valence-electron chi connectivity index (χ4n) is 3.47. The molecule has 0 fully saturated rings. The van der Waals surface area contributed by atoms with Crippen LogP contribution in [0.4, 0.5) is 5.82 Å². The summed E-state index contributed by atoms with van der Waals surface area (Å²) in [4.78, 5) is 17.7. The highest BCUT2D eigenvalue weighted by Crippen LogP contribution is 2.27. The number of carbonyl (C=O) groups excluding carboxylic acids is 1. The van der Waals surface area contributed by atoms with Gasteiger partial charge in [-0.3, -0.25) is 4.79 Å². The Morgan fingerprint density at radius 3 is 2.60 bits per heavy atom. The highest BCUT2D eigenvalue weighted by atomic mass is 16.5. The zero-order chi connectivity index (χ0) is 21.3. The van der Waals surface area contributed by atoms with E-state index in [-0.39, 0.29) is 5.91 Å². The number of amides is 1. The summed E-state index contributed by atoms with van der Waals surface area (Å²) < 4.78 is 7.33. The van der Waals surface area contributed by atoms with E-state index in [0.717, 1.165) is 39.8 Å². The number of hydrogen-bond acceptors (Lipinski definition) is 4. The normalized spacial score (nSPS) is 11.4. The summed E-state index contributed by atoms with van der Waals surface area (Å²) in [6, 6.07) is 15.3. The smallest absolute Gasteiger partial charge is 0.256 e. The minimum absolute atomic E-state index is 0.210. The molecular weight excluding hydrogens is 376 g/mol. The van der Waals surface area contributed by atoms with E-state index in [1.807, 2.05) is 11.6 Å². The Balaban J connectivity index is 1.73. The maximum atomic E-state index is 12.8. The van der Waals surface area contributed by atoms with Gasteiger partial charge < -0.3 is 10.1 Å². The van der Waals surface area contributed by atoms with E-state index in [9.17, 15) is 4.79 Å². The number of carbonyl (C=O) groups is 1. The number of ether oxygens (including phenoxy) is 1. The lowest BCUT2D eigenvalue weighted by Crippen LogP contribution is -2.13. The number of nitrogens with zero attached hydrogens (tertiary/aromatic N) is 3. The van der Waals surface area contributed by atoms with Gasteiger partial charge in [-0.15, -0.1) is 0 Å². The van der Waals surface area contributed by atoms with Crippen molar-refractivity contribution in [2.75, 3.05) is 11.9 Å². The average Bonchev–Trinajstić information content (AvgIpc) is 3.02. The second kappa shape index (κ2) is 8.14. The van der Waals surface area contributed by atoms with E-state index >= 15 is 0 Å². The summed E-state index contributed by atoms with van der Waals surface area (Å²) >= 11 is 0. The van der Waals surface area contributed by atoms with E-state index in [0.29, 0.717) is 23.9 Å². The van der Waals surface area contributed by atoms with Crippen molar-refractivity contribution in [3.8, 4) is 5.75 Å². The molecule has 4 aromatic rings. The lowest BCUT2D eigenvalue weighted by Gasteiger charge is -2.06. The van der Waals surface area contributed by atoms with E-state index in [4.69, 9.17) is 9.72 Å². The van der Waals surface area contributed by atoms with Crippen molar-refractivity contribution < 1.29 is 9.53 Å². The summed E-state index contributed by atoms with van der Waals surface area (Å²) in [5.41, 5.74) is 3.42. The van der Waals surface area contributed by atoms with Gasteiger partial charge in [-0.05, 0) is 61.7 Å². The first kappa shape index (κ1) is 19.9. The minimum Gasteiger partial charge on any atom is -0.494 e. The Labute approximate surface area is 175 Å². The summed E-state index contributed by atoms with van der Waals surface area (Å²) in [6.07, 6.45) is 0. The number of fused-ring (bicyclic) bond motifs is 2. The molecule has 0 saturated heterocycles. The Morgan fingerprint density at radius 2 is 1.90 bits per heavy atom. The fourth-order valence-corrected chi connectivity index (χ4v) is 3.47. The molecule has 0 radical (unpaired) electrons. The van der Waals surface area contributed by atoms with Crippen LogP contribution >= 0.6 is 0 Å². The first-order valence-corrected chi connectivity index (χ1v) is 10.3. The monoisotopic (exact) mass is 402 g/mol. The molecule has 0 saturated carbocycles. The van der Waals surface area contributed by atoms with Gasteiger partial charge >= 0.3 is 0 Å². The lowest BCUT2D eigenvalue weighted by atomic mass is 10.1. The molecular formula is C24H26N4O2. The number of anilines is 1. The van der Waals surface area contributed by atoms with E-state index in [2.05, 4.69) is 55.5 Å². The predicted octanol–water partition coefficient (Wildman–Crippen LogP) is 5.20. The van der Waals surface area contributed by atoms with Crippen molar-refractivity contribution in [2.24, 2.45) is 5.92 Å². The lowest BCUT2D eigenvalue weighted by molar-refractivity contribution is 0.102. The standard InChI is InChI=1S/C24H26N4O2/c1-5-30-19-10-8-17(9-11-19)24(29)26-22-20-13-18-7-6-16(4)12-21(18)25-23(20)28(27-22)14-15(2)3/h6-13,15H,5,14H2,1-4H3,(H,26,27,29). The van der Waals surface area contributed by atoms with E-state index < -0.39 is 0 Å². The van der Waals surface area contributed by atoms with Gasteiger partial charge in [0.25, 0.3) is 5.91 Å². The van der Waals surface area contributed by atoms with Crippen LogP contribution in [-0.2, 0) is 6.54 Å². The fraction of sp³-hybridized carbons (Fsp3) is 0.292. The van der Waals surface area contributed by atoms with Gasteiger partial charge in [0.15, 0.2) is 11.5 Å². The summed E-state index contributed by atoms with van der Waals surface area (Å²) in [6.45, 7) is 9.57. The first-order valence-electron chi connectivity index (χ1n) is 10.3. The molecule has 1 amide bonds. The maximum absolute atomic E-state index is 12.8. The first-order chi connectivity index (χ1) is 14.4. The molecule has 2 heterocycles. The molecule has 2 aromatic carbocycles.